The number of methoxy groups -OCH3 is 1. The Morgan fingerprint density at radius 1 is 1.33 bits per heavy atom. The van der Waals surface area contributed by atoms with Crippen LogP contribution in [-0.4, -0.2) is 36.5 Å². The standard InChI is InChI=1S/C15H20N2O4/c1-9(18)13-12(15(20)21-3)8-11(14(19)17(13)2)10-4-6-16-7-5-10/h8,10,16H,4-7H2,1-3H3. The maximum atomic E-state index is 12.5. The van der Waals surface area contributed by atoms with Crippen molar-refractivity contribution in [1.82, 2.24) is 9.88 Å². The molecule has 6 heteroatoms. The first kappa shape index (κ1) is 15.4. The number of carbonyl (C=O) groups is 2. The van der Waals surface area contributed by atoms with E-state index in [1.807, 2.05) is 0 Å². The molecule has 1 saturated heterocycles. The number of piperidine rings is 1. The number of aromatic nitrogens is 1. The summed E-state index contributed by atoms with van der Waals surface area (Å²) in [4.78, 5) is 36.2. The molecule has 1 aliphatic rings. The number of carbonyl (C=O) groups excluding carboxylic acids is 2. The fraction of sp³-hybridized carbons (Fsp3) is 0.533. The van der Waals surface area contributed by atoms with Crippen LogP contribution >= 0.6 is 0 Å². The average Bonchev–Trinajstić information content (AvgIpc) is 2.49. The lowest BCUT2D eigenvalue weighted by Crippen LogP contribution is -2.34. The molecule has 0 atom stereocenters. The quantitative estimate of drug-likeness (QED) is 0.660. The van der Waals surface area contributed by atoms with Crippen molar-refractivity contribution >= 4 is 11.8 Å². The van der Waals surface area contributed by atoms with Crippen molar-refractivity contribution in [3.05, 3.63) is 33.2 Å². The highest BCUT2D eigenvalue weighted by Crippen LogP contribution is 2.24. The summed E-state index contributed by atoms with van der Waals surface area (Å²) >= 11 is 0. The van der Waals surface area contributed by atoms with Crippen LogP contribution in [0.5, 0.6) is 0 Å². The summed E-state index contributed by atoms with van der Waals surface area (Å²) in [6.45, 7) is 3.02. The molecule has 1 N–H and O–H groups in total. The molecular formula is C15H20N2O4. The maximum absolute atomic E-state index is 12.5. The molecule has 114 valence electrons. The first-order valence-electron chi connectivity index (χ1n) is 7.01. The van der Waals surface area contributed by atoms with Crippen molar-refractivity contribution in [3.8, 4) is 0 Å². The highest BCUT2D eigenvalue weighted by atomic mass is 16.5. The minimum Gasteiger partial charge on any atom is -0.465 e. The molecule has 1 aliphatic heterocycles. The van der Waals surface area contributed by atoms with Crippen molar-refractivity contribution in [1.29, 1.82) is 0 Å². The molecule has 1 aromatic heterocycles. The Hall–Kier alpha value is -1.95. The van der Waals surface area contributed by atoms with Crippen LogP contribution in [0, 0.1) is 0 Å². The van der Waals surface area contributed by atoms with Crippen LogP contribution in [0.15, 0.2) is 10.9 Å². The van der Waals surface area contributed by atoms with Crippen LogP contribution in [0.1, 0.15) is 52.1 Å². The zero-order chi connectivity index (χ0) is 15.6. The van der Waals surface area contributed by atoms with Gasteiger partial charge in [0, 0.05) is 19.5 Å². The fourth-order valence-corrected chi connectivity index (χ4v) is 2.88. The van der Waals surface area contributed by atoms with Crippen LogP contribution in [0.3, 0.4) is 0 Å². The summed E-state index contributed by atoms with van der Waals surface area (Å²) in [6.07, 6.45) is 1.69. The predicted octanol–water partition coefficient (Wildman–Crippen LogP) is 0.841. The zero-order valence-electron chi connectivity index (χ0n) is 12.6. The van der Waals surface area contributed by atoms with Gasteiger partial charge in [-0.05, 0) is 37.9 Å². The molecule has 0 bridgehead atoms. The highest BCUT2D eigenvalue weighted by molar-refractivity contribution is 6.04. The van der Waals surface area contributed by atoms with E-state index in [1.54, 1.807) is 6.07 Å². The Morgan fingerprint density at radius 3 is 2.48 bits per heavy atom. The number of Topliss-reactive ketones (excluding diaryl/α,β-unsaturated/α-hetero) is 1. The maximum Gasteiger partial charge on any atom is 0.340 e. The van der Waals surface area contributed by atoms with Crippen LogP contribution in [0.4, 0.5) is 0 Å². The van der Waals surface area contributed by atoms with Gasteiger partial charge in [-0.2, -0.15) is 0 Å². The molecular weight excluding hydrogens is 272 g/mol. The lowest BCUT2D eigenvalue weighted by molar-refractivity contribution is 0.0595. The highest BCUT2D eigenvalue weighted by Gasteiger charge is 2.25. The van der Waals surface area contributed by atoms with E-state index >= 15 is 0 Å². The molecule has 2 rings (SSSR count). The topological polar surface area (TPSA) is 77.4 Å². The lowest BCUT2D eigenvalue weighted by Gasteiger charge is -2.24. The third-order valence-corrected chi connectivity index (χ3v) is 3.96. The summed E-state index contributed by atoms with van der Waals surface area (Å²) in [7, 11) is 2.79. The molecule has 0 unspecified atom stereocenters. The van der Waals surface area contributed by atoms with E-state index in [0.29, 0.717) is 5.56 Å². The first-order valence-corrected chi connectivity index (χ1v) is 7.01. The van der Waals surface area contributed by atoms with E-state index in [-0.39, 0.29) is 28.5 Å². The zero-order valence-corrected chi connectivity index (χ0v) is 12.6. The van der Waals surface area contributed by atoms with Crippen molar-refractivity contribution in [2.45, 2.75) is 25.7 Å². The molecule has 2 heterocycles. The lowest BCUT2D eigenvalue weighted by atomic mass is 9.89. The van der Waals surface area contributed by atoms with Gasteiger partial charge < -0.3 is 14.6 Å². The third-order valence-electron chi connectivity index (χ3n) is 3.96. The van der Waals surface area contributed by atoms with Crippen molar-refractivity contribution in [2.24, 2.45) is 7.05 Å². The fourth-order valence-electron chi connectivity index (χ4n) is 2.88. The summed E-state index contributed by atoms with van der Waals surface area (Å²) in [5.74, 6) is -0.813. The second kappa shape index (κ2) is 6.22. The van der Waals surface area contributed by atoms with Crippen LogP contribution in [0.2, 0.25) is 0 Å². The van der Waals surface area contributed by atoms with Gasteiger partial charge in [0.1, 0.15) is 5.69 Å². The number of esters is 1. The predicted molar refractivity (Wildman–Crippen MR) is 77.9 cm³/mol. The summed E-state index contributed by atoms with van der Waals surface area (Å²) < 4.78 is 6.02. The second-order valence-electron chi connectivity index (χ2n) is 5.30. The van der Waals surface area contributed by atoms with Crippen molar-refractivity contribution in [3.63, 3.8) is 0 Å². The molecule has 0 spiro atoms. The van der Waals surface area contributed by atoms with Crippen LogP contribution < -0.4 is 10.9 Å². The van der Waals surface area contributed by atoms with Gasteiger partial charge in [0.2, 0.25) is 0 Å². The van der Waals surface area contributed by atoms with E-state index < -0.39 is 5.97 Å². The number of hydrogen-bond acceptors (Lipinski definition) is 5. The Kier molecular flexibility index (Phi) is 4.57. The third kappa shape index (κ3) is 2.90. The van der Waals surface area contributed by atoms with Crippen molar-refractivity contribution < 1.29 is 14.3 Å². The number of nitrogens with one attached hydrogen (secondary N) is 1. The summed E-state index contributed by atoms with van der Waals surface area (Å²) in [6, 6.07) is 1.54. The summed E-state index contributed by atoms with van der Waals surface area (Å²) in [5.41, 5.74) is 0.648. The molecule has 0 aliphatic carbocycles. The Balaban J connectivity index is 2.62. The SMILES string of the molecule is COC(=O)c1cc(C2CCNCC2)c(=O)n(C)c1C(C)=O. The smallest absolute Gasteiger partial charge is 0.340 e. The van der Waals surface area contributed by atoms with Gasteiger partial charge in [-0.25, -0.2) is 4.79 Å². The second-order valence-corrected chi connectivity index (χ2v) is 5.30. The number of ketones is 1. The monoisotopic (exact) mass is 292 g/mol. The molecule has 1 fully saturated rings. The van der Waals surface area contributed by atoms with Gasteiger partial charge in [-0.15, -0.1) is 0 Å². The molecule has 6 nitrogen and oxygen atoms in total. The number of ether oxygens (including phenoxy) is 1. The van der Waals surface area contributed by atoms with Gasteiger partial charge >= 0.3 is 5.97 Å². The minimum atomic E-state index is -0.592. The number of hydrogen-bond donors (Lipinski definition) is 1. The molecule has 0 radical (unpaired) electrons. The van der Waals surface area contributed by atoms with E-state index in [0.717, 1.165) is 25.9 Å². The minimum absolute atomic E-state index is 0.101. The van der Waals surface area contributed by atoms with Gasteiger partial charge in [0.25, 0.3) is 5.56 Å². The molecule has 21 heavy (non-hydrogen) atoms. The number of rotatable bonds is 3. The van der Waals surface area contributed by atoms with Gasteiger partial charge in [-0.1, -0.05) is 0 Å². The molecule has 0 saturated carbocycles. The van der Waals surface area contributed by atoms with Crippen LogP contribution in [-0.2, 0) is 11.8 Å². The number of nitrogens with zero attached hydrogens (tertiary/aromatic N) is 1. The van der Waals surface area contributed by atoms with E-state index in [1.165, 1.54) is 25.6 Å². The largest absolute Gasteiger partial charge is 0.465 e. The number of pyridine rings is 1. The van der Waals surface area contributed by atoms with E-state index in [9.17, 15) is 14.4 Å². The molecule has 0 aromatic carbocycles. The average molecular weight is 292 g/mol. The normalized spacial score (nSPS) is 15.8. The van der Waals surface area contributed by atoms with E-state index in [4.69, 9.17) is 4.74 Å². The Bertz CT molecular complexity index is 627. The Morgan fingerprint density at radius 2 is 1.95 bits per heavy atom. The summed E-state index contributed by atoms with van der Waals surface area (Å²) in [5, 5.41) is 3.24. The van der Waals surface area contributed by atoms with Gasteiger partial charge in [-0.3, -0.25) is 9.59 Å². The van der Waals surface area contributed by atoms with E-state index in [2.05, 4.69) is 5.32 Å². The van der Waals surface area contributed by atoms with Crippen LogP contribution in [0.25, 0.3) is 0 Å². The van der Waals surface area contributed by atoms with Gasteiger partial charge in [0.05, 0.1) is 12.7 Å². The molecule has 0 amide bonds. The first-order chi connectivity index (χ1) is 9.97. The van der Waals surface area contributed by atoms with Crippen molar-refractivity contribution in [2.75, 3.05) is 20.2 Å². The van der Waals surface area contributed by atoms with Gasteiger partial charge in [0.15, 0.2) is 5.78 Å². The molecule has 1 aromatic rings. The Labute approximate surface area is 123 Å².